The van der Waals surface area contributed by atoms with Gasteiger partial charge >= 0.3 is 5.69 Å². The van der Waals surface area contributed by atoms with Crippen LogP contribution < -0.4 is 10.6 Å². The fourth-order valence-corrected chi connectivity index (χ4v) is 1.64. The second-order valence-electron chi connectivity index (χ2n) is 5.72. The summed E-state index contributed by atoms with van der Waals surface area (Å²) in [5.41, 5.74) is 1.26. The van der Waals surface area contributed by atoms with Crippen molar-refractivity contribution in [3.8, 4) is 0 Å². The number of benzene rings is 1. The van der Waals surface area contributed by atoms with Gasteiger partial charge in [0.2, 0.25) is 0 Å². The molecule has 0 aromatic heterocycles. The molecule has 0 saturated carbocycles. The van der Waals surface area contributed by atoms with Crippen LogP contribution in [0.4, 0.5) is 17.1 Å². The smallest absolute Gasteiger partial charge is 0.315 e. The highest BCUT2D eigenvalue weighted by molar-refractivity contribution is 5.76. The second kappa shape index (κ2) is 5.91. The first-order valence-corrected chi connectivity index (χ1v) is 6.55. The summed E-state index contributed by atoms with van der Waals surface area (Å²) in [6, 6.07) is 5.43. The number of para-hydroxylation sites is 1. The summed E-state index contributed by atoms with van der Waals surface area (Å²) in [7, 11) is 0. The monoisotopic (exact) mass is 265 g/mol. The Morgan fingerprint density at radius 2 is 1.89 bits per heavy atom. The van der Waals surface area contributed by atoms with E-state index in [1.165, 1.54) is 0 Å². The molecule has 1 rings (SSSR count). The first kappa shape index (κ1) is 15.3. The fourth-order valence-electron chi connectivity index (χ4n) is 1.64. The molecule has 1 unspecified atom stereocenters. The number of nitro groups is 1. The van der Waals surface area contributed by atoms with Crippen LogP contribution in [0.5, 0.6) is 0 Å². The third kappa shape index (κ3) is 3.84. The molecule has 0 amide bonds. The lowest BCUT2D eigenvalue weighted by atomic mass is 9.88. The Labute approximate surface area is 114 Å². The third-order valence-corrected chi connectivity index (χ3v) is 3.26. The molecule has 0 aliphatic heterocycles. The molecule has 0 fully saturated rings. The van der Waals surface area contributed by atoms with Gasteiger partial charge in [-0.2, -0.15) is 0 Å². The van der Waals surface area contributed by atoms with Crippen molar-refractivity contribution in [3.05, 3.63) is 28.3 Å². The summed E-state index contributed by atoms with van der Waals surface area (Å²) in [5, 5.41) is 17.6. The number of hydrogen-bond acceptors (Lipinski definition) is 4. The van der Waals surface area contributed by atoms with Gasteiger partial charge in [0.05, 0.1) is 4.92 Å². The lowest BCUT2D eigenvalue weighted by Gasteiger charge is -2.29. The largest absolute Gasteiger partial charge is 0.380 e. The summed E-state index contributed by atoms with van der Waals surface area (Å²) < 4.78 is 0. The predicted octanol–water partition coefficient (Wildman–Crippen LogP) is 3.87. The van der Waals surface area contributed by atoms with Gasteiger partial charge in [-0.3, -0.25) is 10.1 Å². The van der Waals surface area contributed by atoms with Gasteiger partial charge in [-0.25, -0.2) is 0 Å². The lowest BCUT2D eigenvalue weighted by molar-refractivity contribution is -0.383. The Morgan fingerprint density at radius 1 is 1.32 bits per heavy atom. The van der Waals surface area contributed by atoms with Crippen LogP contribution in [0.25, 0.3) is 0 Å². The highest BCUT2D eigenvalue weighted by Gasteiger charge is 2.25. The molecule has 0 spiro atoms. The van der Waals surface area contributed by atoms with Gasteiger partial charge in [0.15, 0.2) is 0 Å². The van der Waals surface area contributed by atoms with Crippen LogP contribution in [0.1, 0.15) is 34.6 Å². The van der Waals surface area contributed by atoms with Crippen LogP contribution in [-0.2, 0) is 0 Å². The van der Waals surface area contributed by atoms with Crippen LogP contribution in [-0.4, -0.2) is 17.5 Å². The van der Waals surface area contributed by atoms with Gasteiger partial charge in [-0.05, 0) is 31.4 Å². The van der Waals surface area contributed by atoms with Gasteiger partial charge in [0.1, 0.15) is 11.4 Å². The minimum atomic E-state index is -0.338. The average Bonchev–Trinajstić information content (AvgIpc) is 2.27. The van der Waals surface area contributed by atoms with Crippen molar-refractivity contribution in [1.82, 2.24) is 0 Å². The number of nitrogens with zero attached hydrogens (tertiary/aromatic N) is 1. The number of nitro benzene ring substituents is 1. The standard InChI is InChI=1S/C14H23N3O2/c1-6-15-11-8-7-9-12(13(11)17(18)19)16-10(2)14(3,4)5/h7-10,15-16H,6H2,1-5H3. The maximum absolute atomic E-state index is 11.3. The molecule has 0 bridgehead atoms. The quantitative estimate of drug-likeness (QED) is 0.626. The van der Waals surface area contributed by atoms with E-state index in [1.54, 1.807) is 12.1 Å². The molecule has 1 aromatic rings. The minimum absolute atomic E-state index is 0.0298. The van der Waals surface area contributed by atoms with E-state index in [4.69, 9.17) is 0 Å². The zero-order chi connectivity index (χ0) is 14.6. The molecule has 19 heavy (non-hydrogen) atoms. The first-order chi connectivity index (χ1) is 8.77. The van der Waals surface area contributed by atoms with E-state index in [-0.39, 0.29) is 22.1 Å². The van der Waals surface area contributed by atoms with Crippen LogP contribution in [0.15, 0.2) is 18.2 Å². The molecule has 5 heteroatoms. The van der Waals surface area contributed by atoms with Crippen molar-refractivity contribution in [3.63, 3.8) is 0 Å². The van der Waals surface area contributed by atoms with Gasteiger partial charge in [-0.1, -0.05) is 26.8 Å². The molecule has 1 aromatic carbocycles. The highest BCUT2D eigenvalue weighted by atomic mass is 16.6. The number of nitrogens with one attached hydrogen (secondary N) is 2. The molecule has 2 N–H and O–H groups in total. The third-order valence-electron chi connectivity index (χ3n) is 3.26. The lowest BCUT2D eigenvalue weighted by Crippen LogP contribution is -2.31. The second-order valence-corrected chi connectivity index (χ2v) is 5.72. The Morgan fingerprint density at radius 3 is 2.37 bits per heavy atom. The summed E-state index contributed by atoms with van der Waals surface area (Å²) in [5.74, 6) is 0. The van der Waals surface area contributed by atoms with Crippen molar-refractivity contribution < 1.29 is 4.92 Å². The van der Waals surface area contributed by atoms with Gasteiger partial charge in [0, 0.05) is 12.6 Å². The highest BCUT2D eigenvalue weighted by Crippen LogP contribution is 2.34. The van der Waals surface area contributed by atoms with Crippen LogP contribution >= 0.6 is 0 Å². The van der Waals surface area contributed by atoms with Crippen LogP contribution in [0, 0.1) is 15.5 Å². The van der Waals surface area contributed by atoms with Crippen molar-refractivity contribution in [2.24, 2.45) is 5.41 Å². The molecule has 106 valence electrons. The maximum atomic E-state index is 11.3. The van der Waals surface area contributed by atoms with E-state index >= 15 is 0 Å². The Balaban J connectivity index is 3.13. The first-order valence-electron chi connectivity index (χ1n) is 6.55. The van der Waals surface area contributed by atoms with E-state index in [0.717, 1.165) is 0 Å². The Kier molecular flexibility index (Phi) is 4.75. The molecule has 0 heterocycles. The fraction of sp³-hybridized carbons (Fsp3) is 0.571. The topological polar surface area (TPSA) is 67.2 Å². The van der Waals surface area contributed by atoms with E-state index < -0.39 is 0 Å². The number of rotatable bonds is 5. The average molecular weight is 265 g/mol. The zero-order valence-electron chi connectivity index (χ0n) is 12.3. The van der Waals surface area contributed by atoms with Gasteiger partial charge in [0.25, 0.3) is 0 Å². The summed E-state index contributed by atoms with van der Waals surface area (Å²) in [6.45, 7) is 10.9. The molecule has 0 aliphatic carbocycles. The molecule has 0 saturated heterocycles. The zero-order valence-corrected chi connectivity index (χ0v) is 12.3. The molecule has 1 atom stereocenters. The minimum Gasteiger partial charge on any atom is -0.380 e. The molecular weight excluding hydrogens is 242 g/mol. The number of anilines is 2. The van der Waals surface area contributed by atoms with Gasteiger partial charge in [-0.15, -0.1) is 0 Å². The van der Waals surface area contributed by atoms with E-state index in [1.807, 2.05) is 19.9 Å². The van der Waals surface area contributed by atoms with E-state index in [0.29, 0.717) is 17.9 Å². The SMILES string of the molecule is CCNc1cccc(NC(C)C(C)(C)C)c1[N+](=O)[O-]. The van der Waals surface area contributed by atoms with E-state index in [2.05, 4.69) is 31.4 Å². The maximum Gasteiger partial charge on any atom is 0.315 e. The Hall–Kier alpha value is -1.78. The Bertz CT molecular complexity index is 452. The van der Waals surface area contributed by atoms with Crippen LogP contribution in [0.2, 0.25) is 0 Å². The molecule has 0 radical (unpaired) electrons. The van der Waals surface area contributed by atoms with E-state index in [9.17, 15) is 10.1 Å². The molecular formula is C14H23N3O2. The predicted molar refractivity (Wildman–Crippen MR) is 79.8 cm³/mol. The summed E-state index contributed by atoms with van der Waals surface area (Å²) in [4.78, 5) is 10.9. The summed E-state index contributed by atoms with van der Waals surface area (Å²) in [6.07, 6.45) is 0. The summed E-state index contributed by atoms with van der Waals surface area (Å²) >= 11 is 0. The van der Waals surface area contributed by atoms with Crippen LogP contribution in [0.3, 0.4) is 0 Å². The van der Waals surface area contributed by atoms with Crippen molar-refractivity contribution in [1.29, 1.82) is 0 Å². The van der Waals surface area contributed by atoms with Crippen molar-refractivity contribution >= 4 is 17.1 Å². The number of hydrogen-bond donors (Lipinski definition) is 2. The van der Waals surface area contributed by atoms with Gasteiger partial charge < -0.3 is 10.6 Å². The van der Waals surface area contributed by atoms with Crippen molar-refractivity contribution in [2.75, 3.05) is 17.2 Å². The molecule has 5 nitrogen and oxygen atoms in total. The van der Waals surface area contributed by atoms with Crippen molar-refractivity contribution in [2.45, 2.75) is 40.7 Å². The molecule has 0 aliphatic rings. The normalized spacial score (nSPS) is 12.9.